The molecule has 0 unspecified atom stereocenters. The Hall–Kier alpha value is -1.46. The summed E-state index contributed by atoms with van der Waals surface area (Å²) in [5.41, 5.74) is 9.04. The van der Waals surface area contributed by atoms with E-state index in [4.69, 9.17) is 5.73 Å². The Morgan fingerprint density at radius 3 is 2.79 bits per heavy atom. The zero-order valence-corrected chi connectivity index (χ0v) is 12.4. The molecule has 0 saturated heterocycles. The number of anilines is 1. The van der Waals surface area contributed by atoms with Crippen LogP contribution in [0.15, 0.2) is 23.0 Å². The highest BCUT2D eigenvalue weighted by molar-refractivity contribution is 7.07. The van der Waals surface area contributed by atoms with E-state index in [9.17, 15) is 0 Å². The van der Waals surface area contributed by atoms with Crippen LogP contribution in [-0.2, 0) is 13.1 Å². The van der Waals surface area contributed by atoms with Gasteiger partial charge in [0.2, 0.25) is 0 Å². The Morgan fingerprint density at radius 1 is 1.42 bits per heavy atom. The molecular formula is C14H20N4S. The molecule has 2 rings (SSSR count). The minimum Gasteiger partial charge on any atom is -0.367 e. The monoisotopic (exact) mass is 276 g/mol. The fraction of sp³-hybridized carbons (Fsp3) is 0.429. The molecule has 0 radical (unpaired) electrons. The molecule has 0 saturated carbocycles. The summed E-state index contributed by atoms with van der Waals surface area (Å²) in [6.07, 6.45) is 1.89. The van der Waals surface area contributed by atoms with Crippen molar-refractivity contribution < 1.29 is 0 Å². The third-order valence-electron chi connectivity index (χ3n) is 2.99. The van der Waals surface area contributed by atoms with Crippen LogP contribution in [0.3, 0.4) is 0 Å². The first-order valence-electron chi connectivity index (χ1n) is 6.40. The van der Waals surface area contributed by atoms with Crippen molar-refractivity contribution in [1.82, 2.24) is 9.97 Å². The number of nitrogens with two attached hydrogens (primary N) is 1. The quantitative estimate of drug-likeness (QED) is 0.912. The second-order valence-electron chi connectivity index (χ2n) is 4.91. The smallest absolute Gasteiger partial charge is 0.131 e. The van der Waals surface area contributed by atoms with E-state index in [2.05, 4.69) is 45.5 Å². The third kappa shape index (κ3) is 3.30. The molecule has 4 nitrogen and oxygen atoms in total. The van der Waals surface area contributed by atoms with E-state index in [1.807, 2.05) is 13.2 Å². The summed E-state index contributed by atoms with van der Waals surface area (Å²) in [5.74, 6) is 1.18. The van der Waals surface area contributed by atoms with Crippen LogP contribution < -0.4 is 10.6 Å². The van der Waals surface area contributed by atoms with E-state index < -0.39 is 0 Å². The van der Waals surface area contributed by atoms with Gasteiger partial charge in [-0.1, -0.05) is 13.8 Å². The summed E-state index contributed by atoms with van der Waals surface area (Å²) in [6, 6.07) is 2.13. The highest BCUT2D eigenvalue weighted by atomic mass is 32.1. The summed E-state index contributed by atoms with van der Waals surface area (Å²) >= 11 is 1.71. The first-order valence-corrected chi connectivity index (χ1v) is 7.34. The lowest BCUT2D eigenvalue weighted by Gasteiger charge is -2.21. The normalized spacial score (nSPS) is 11.0. The van der Waals surface area contributed by atoms with Crippen LogP contribution in [-0.4, -0.2) is 17.0 Å². The highest BCUT2D eigenvalue weighted by Crippen LogP contribution is 2.21. The van der Waals surface area contributed by atoms with Crippen molar-refractivity contribution in [3.8, 4) is 0 Å². The molecule has 2 N–H and O–H groups in total. The molecule has 2 aromatic heterocycles. The van der Waals surface area contributed by atoms with Crippen molar-refractivity contribution >= 4 is 17.0 Å². The molecule has 2 aromatic rings. The molecule has 0 aliphatic carbocycles. The Labute approximate surface area is 118 Å². The lowest BCUT2D eigenvalue weighted by atomic mass is 10.2. The summed E-state index contributed by atoms with van der Waals surface area (Å²) in [6.45, 7) is 5.46. The van der Waals surface area contributed by atoms with Gasteiger partial charge in [0.25, 0.3) is 0 Å². The van der Waals surface area contributed by atoms with Crippen molar-refractivity contribution in [3.05, 3.63) is 40.1 Å². The Bertz CT molecular complexity index is 522. The summed E-state index contributed by atoms with van der Waals surface area (Å²) < 4.78 is 0. The number of rotatable bonds is 5. The minimum absolute atomic E-state index is 0.321. The molecule has 0 aromatic carbocycles. The second kappa shape index (κ2) is 6.12. The van der Waals surface area contributed by atoms with E-state index >= 15 is 0 Å². The maximum atomic E-state index is 5.82. The van der Waals surface area contributed by atoms with Gasteiger partial charge in [0, 0.05) is 26.1 Å². The average molecular weight is 276 g/mol. The van der Waals surface area contributed by atoms with Crippen LogP contribution in [0.4, 0.5) is 5.69 Å². The fourth-order valence-electron chi connectivity index (χ4n) is 1.92. The van der Waals surface area contributed by atoms with Crippen LogP contribution >= 0.6 is 11.3 Å². The molecule has 0 spiro atoms. The number of hydrogen-bond acceptors (Lipinski definition) is 5. The lowest BCUT2D eigenvalue weighted by molar-refractivity contribution is 0.748. The molecule has 0 aliphatic heterocycles. The van der Waals surface area contributed by atoms with Crippen LogP contribution in [0, 0.1) is 0 Å². The first kappa shape index (κ1) is 14.0. The largest absolute Gasteiger partial charge is 0.367 e. The molecule has 2 heterocycles. The van der Waals surface area contributed by atoms with Gasteiger partial charge in [0.05, 0.1) is 17.6 Å². The average Bonchev–Trinajstić information content (AvgIpc) is 2.90. The molecule has 0 aliphatic rings. The number of aromatic nitrogens is 2. The molecule has 102 valence electrons. The van der Waals surface area contributed by atoms with Crippen LogP contribution in [0.2, 0.25) is 0 Å². The maximum absolute atomic E-state index is 5.82. The molecule has 0 amide bonds. The maximum Gasteiger partial charge on any atom is 0.131 e. The first-order chi connectivity index (χ1) is 9.11. The van der Waals surface area contributed by atoms with Crippen molar-refractivity contribution in [3.63, 3.8) is 0 Å². The highest BCUT2D eigenvalue weighted by Gasteiger charge is 2.12. The van der Waals surface area contributed by atoms with Gasteiger partial charge < -0.3 is 10.6 Å². The molecule has 19 heavy (non-hydrogen) atoms. The minimum atomic E-state index is 0.321. The summed E-state index contributed by atoms with van der Waals surface area (Å²) in [7, 11) is 2.05. The van der Waals surface area contributed by atoms with Crippen LogP contribution in [0.5, 0.6) is 0 Å². The zero-order chi connectivity index (χ0) is 13.8. The van der Waals surface area contributed by atoms with Gasteiger partial charge in [0.1, 0.15) is 5.82 Å². The van der Waals surface area contributed by atoms with Gasteiger partial charge in [0.15, 0.2) is 0 Å². The van der Waals surface area contributed by atoms with Gasteiger partial charge in [-0.15, -0.1) is 0 Å². The standard InChI is InChI=1S/C14H20N4S/c1-10(2)14-16-7-13(12(6-15)17-14)18(3)8-11-4-5-19-9-11/h4-5,7,9-10H,6,8,15H2,1-3H3. The van der Waals surface area contributed by atoms with Crippen molar-refractivity contribution in [2.24, 2.45) is 5.73 Å². The zero-order valence-electron chi connectivity index (χ0n) is 11.6. The van der Waals surface area contributed by atoms with E-state index in [1.54, 1.807) is 11.3 Å². The molecule has 0 atom stereocenters. The van der Waals surface area contributed by atoms with Crippen molar-refractivity contribution in [1.29, 1.82) is 0 Å². The molecule has 5 heteroatoms. The van der Waals surface area contributed by atoms with Gasteiger partial charge in [-0.2, -0.15) is 11.3 Å². The Morgan fingerprint density at radius 2 is 2.21 bits per heavy atom. The van der Waals surface area contributed by atoms with E-state index in [-0.39, 0.29) is 0 Å². The van der Waals surface area contributed by atoms with Crippen LogP contribution in [0.1, 0.15) is 36.8 Å². The third-order valence-corrected chi connectivity index (χ3v) is 3.72. The fourth-order valence-corrected chi connectivity index (χ4v) is 2.57. The van der Waals surface area contributed by atoms with E-state index in [1.165, 1.54) is 5.56 Å². The predicted molar refractivity (Wildman–Crippen MR) is 80.4 cm³/mol. The Balaban J connectivity index is 2.23. The van der Waals surface area contributed by atoms with Gasteiger partial charge in [-0.3, -0.25) is 0 Å². The van der Waals surface area contributed by atoms with E-state index in [0.717, 1.165) is 23.8 Å². The van der Waals surface area contributed by atoms with Crippen LogP contribution in [0.25, 0.3) is 0 Å². The molecule has 0 fully saturated rings. The number of hydrogen-bond donors (Lipinski definition) is 1. The summed E-state index contributed by atoms with van der Waals surface area (Å²) in [4.78, 5) is 11.1. The van der Waals surface area contributed by atoms with Gasteiger partial charge in [-0.05, 0) is 22.4 Å². The lowest BCUT2D eigenvalue weighted by Crippen LogP contribution is -2.20. The SMILES string of the molecule is CC(C)c1ncc(N(C)Cc2ccsc2)c(CN)n1. The van der Waals surface area contributed by atoms with Crippen molar-refractivity contribution in [2.75, 3.05) is 11.9 Å². The van der Waals surface area contributed by atoms with Gasteiger partial charge >= 0.3 is 0 Å². The molecular weight excluding hydrogens is 256 g/mol. The topological polar surface area (TPSA) is 55.0 Å². The molecule has 0 bridgehead atoms. The van der Waals surface area contributed by atoms with Crippen molar-refractivity contribution in [2.45, 2.75) is 32.9 Å². The summed E-state index contributed by atoms with van der Waals surface area (Å²) in [5, 5.41) is 4.24. The number of nitrogens with zero attached hydrogens (tertiary/aromatic N) is 3. The predicted octanol–water partition coefficient (Wildman–Crippen LogP) is 2.76. The second-order valence-corrected chi connectivity index (χ2v) is 5.69. The van der Waals surface area contributed by atoms with E-state index in [0.29, 0.717) is 12.5 Å². The Kier molecular flexibility index (Phi) is 4.50. The number of thiophene rings is 1. The van der Waals surface area contributed by atoms with Gasteiger partial charge in [-0.25, -0.2) is 9.97 Å².